The molecule has 0 bridgehead atoms. The number of carbonyl (C=O) groups excluding carboxylic acids is 2. The van der Waals surface area contributed by atoms with Gasteiger partial charge in [-0.3, -0.25) is 9.59 Å². The Labute approximate surface area is 194 Å². The van der Waals surface area contributed by atoms with Gasteiger partial charge in [0, 0.05) is 30.0 Å². The summed E-state index contributed by atoms with van der Waals surface area (Å²) in [6.45, 7) is 2.53. The summed E-state index contributed by atoms with van der Waals surface area (Å²) in [5, 5.41) is 23.8. The highest BCUT2D eigenvalue weighted by Crippen LogP contribution is 2.22. The Balaban J connectivity index is 1.49. The van der Waals surface area contributed by atoms with Crippen molar-refractivity contribution in [1.29, 1.82) is 0 Å². The Morgan fingerprint density at radius 2 is 1.59 bits per heavy atom. The van der Waals surface area contributed by atoms with Crippen molar-refractivity contribution in [1.82, 2.24) is 10.2 Å². The summed E-state index contributed by atoms with van der Waals surface area (Å²) in [7, 11) is 0. The molecule has 1 aliphatic rings. The van der Waals surface area contributed by atoms with Crippen LogP contribution in [0.4, 0.5) is 0 Å². The van der Waals surface area contributed by atoms with Gasteiger partial charge >= 0.3 is 0 Å². The third kappa shape index (κ3) is 7.33. The molecule has 0 aliphatic carbocycles. The van der Waals surface area contributed by atoms with Gasteiger partial charge in [0.25, 0.3) is 0 Å². The predicted molar refractivity (Wildman–Crippen MR) is 125 cm³/mol. The highest BCUT2D eigenvalue weighted by Gasteiger charge is 2.26. The van der Waals surface area contributed by atoms with Crippen molar-refractivity contribution in [3.05, 3.63) is 64.7 Å². The summed E-state index contributed by atoms with van der Waals surface area (Å²) in [6.07, 6.45) is 3.27. The average molecular weight is 459 g/mol. The van der Waals surface area contributed by atoms with Crippen LogP contribution in [0.1, 0.15) is 60.6 Å². The molecule has 2 aromatic rings. The Kier molecular flexibility index (Phi) is 9.09. The Bertz CT molecular complexity index is 880. The van der Waals surface area contributed by atoms with E-state index in [4.69, 9.17) is 11.6 Å². The van der Waals surface area contributed by atoms with E-state index in [1.807, 2.05) is 0 Å². The second-order valence-corrected chi connectivity index (χ2v) is 8.79. The van der Waals surface area contributed by atoms with E-state index in [1.165, 1.54) is 12.1 Å². The molecular formula is C25H31ClN2O4. The molecule has 1 heterocycles. The second kappa shape index (κ2) is 12.0. The molecule has 0 radical (unpaired) electrons. The van der Waals surface area contributed by atoms with Crippen LogP contribution in [0.25, 0.3) is 0 Å². The third-order valence-electron chi connectivity index (χ3n) is 5.84. The van der Waals surface area contributed by atoms with Gasteiger partial charge in [0.05, 0.1) is 6.04 Å². The van der Waals surface area contributed by atoms with Crippen molar-refractivity contribution in [2.24, 2.45) is 0 Å². The number of benzene rings is 2. The fraction of sp³-hybridized carbons (Fsp3) is 0.440. The van der Waals surface area contributed by atoms with E-state index in [1.54, 1.807) is 36.4 Å². The Morgan fingerprint density at radius 3 is 2.25 bits per heavy atom. The number of phenols is 1. The molecule has 7 heteroatoms. The fourth-order valence-electron chi connectivity index (χ4n) is 4.00. The van der Waals surface area contributed by atoms with E-state index in [9.17, 15) is 19.8 Å². The van der Waals surface area contributed by atoms with Crippen molar-refractivity contribution in [3.8, 4) is 5.75 Å². The number of rotatable bonds is 11. The van der Waals surface area contributed by atoms with E-state index in [0.717, 1.165) is 31.5 Å². The molecule has 1 fully saturated rings. The minimum Gasteiger partial charge on any atom is -0.508 e. The molecule has 2 atom stereocenters. The number of Topliss-reactive ketones (excluding diaryl/α,β-unsaturated/α-hetero) is 1. The first-order chi connectivity index (χ1) is 15.4. The van der Waals surface area contributed by atoms with E-state index in [0.29, 0.717) is 42.8 Å². The number of aromatic hydroxyl groups is 1. The number of nitrogens with zero attached hydrogens (tertiary/aromatic N) is 1. The van der Waals surface area contributed by atoms with Gasteiger partial charge in [0.2, 0.25) is 5.91 Å². The number of likely N-dealkylation sites (tertiary alicyclic amines) is 1. The maximum atomic E-state index is 12.6. The van der Waals surface area contributed by atoms with Crippen LogP contribution in [0, 0.1) is 0 Å². The number of aliphatic hydroxyl groups excluding tert-OH is 1. The number of nitrogens with one attached hydrogen (secondary N) is 1. The predicted octanol–water partition coefficient (Wildman–Crippen LogP) is 4.10. The molecule has 0 saturated carbocycles. The minimum atomic E-state index is -0.826. The molecule has 1 saturated heterocycles. The van der Waals surface area contributed by atoms with Crippen LogP contribution in [0.3, 0.4) is 0 Å². The molecule has 172 valence electrons. The van der Waals surface area contributed by atoms with Crippen molar-refractivity contribution >= 4 is 23.3 Å². The van der Waals surface area contributed by atoms with E-state index in [2.05, 4.69) is 10.2 Å². The number of carbonyl (C=O) groups is 2. The number of amides is 1. The fourth-order valence-corrected chi connectivity index (χ4v) is 4.13. The highest BCUT2D eigenvalue weighted by atomic mass is 35.5. The number of hydrogen-bond donors (Lipinski definition) is 3. The van der Waals surface area contributed by atoms with Gasteiger partial charge < -0.3 is 20.4 Å². The molecule has 1 amide bonds. The molecular weight excluding hydrogens is 428 g/mol. The number of phenolic OH excluding ortho intramolecular Hbond substituents is 1. The summed E-state index contributed by atoms with van der Waals surface area (Å²) in [5.41, 5.74) is 1.28. The molecule has 0 aromatic heterocycles. The summed E-state index contributed by atoms with van der Waals surface area (Å²) in [5.74, 6) is -0.00253. The maximum Gasteiger partial charge on any atom is 0.220 e. The molecule has 3 rings (SSSR count). The number of hydrogen-bond acceptors (Lipinski definition) is 5. The summed E-state index contributed by atoms with van der Waals surface area (Å²) < 4.78 is 0. The zero-order valence-corrected chi connectivity index (χ0v) is 18.9. The van der Waals surface area contributed by atoms with Crippen molar-refractivity contribution in [3.63, 3.8) is 0 Å². The monoisotopic (exact) mass is 458 g/mol. The number of unbranched alkanes of at least 4 members (excludes halogenated alkanes) is 1. The average Bonchev–Trinajstić information content (AvgIpc) is 3.30. The molecule has 1 aliphatic heterocycles. The van der Waals surface area contributed by atoms with Gasteiger partial charge in [-0.05, 0) is 80.7 Å². The van der Waals surface area contributed by atoms with Gasteiger partial charge in [-0.25, -0.2) is 0 Å². The first-order valence-corrected chi connectivity index (χ1v) is 11.6. The summed E-state index contributed by atoms with van der Waals surface area (Å²) >= 11 is 5.96. The Hall–Kier alpha value is -2.41. The highest BCUT2D eigenvalue weighted by molar-refractivity contribution is 6.30. The zero-order valence-electron chi connectivity index (χ0n) is 18.2. The first kappa shape index (κ1) is 24.2. The van der Waals surface area contributed by atoms with Crippen molar-refractivity contribution in [2.45, 2.75) is 50.7 Å². The maximum absolute atomic E-state index is 12.6. The lowest BCUT2D eigenvalue weighted by atomic mass is 10.0. The van der Waals surface area contributed by atoms with Gasteiger partial charge in [0.15, 0.2) is 5.78 Å². The van der Waals surface area contributed by atoms with Gasteiger partial charge in [0.1, 0.15) is 11.9 Å². The summed E-state index contributed by atoms with van der Waals surface area (Å²) in [6, 6.07) is 12.8. The van der Waals surface area contributed by atoms with E-state index in [-0.39, 0.29) is 17.4 Å². The van der Waals surface area contributed by atoms with Crippen LogP contribution in [0.5, 0.6) is 5.75 Å². The minimum absolute atomic E-state index is 0.00419. The lowest BCUT2D eigenvalue weighted by Crippen LogP contribution is -2.46. The number of ketones is 1. The quantitative estimate of drug-likeness (QED) is 0.348. The van der Waals surface area contributed by atoms with Gasteiger partial charge in [-0.1, -0.05) is 23.7 Å². The number of halogens is 1. The van der Waals surface area contributed by atoms with Crippen molar-refractivity contribution < 1.29 is 19.8 Å². The van der Waals surface area contributed by atoms with Gasteiger partial charge in [-0.2, -0.15) is 0 Å². The SMILES string of the molecule is O=C(CCCCC(=O)c1ccc(O)cc1)N[C@H](CN1CCCC1)[C@H](O)c1ccc(Cl)cc1. The molecule has 32 heavy (non-hydrogen) atoms. The van der Waals surface area contributed by atoms with Crippen LogP contribution in [-0.2, 0) is 4.79 Å². The third-order valence-corrected chi connectivity index (χ3v) is 6.09. The zero-order chi connectivity index (χ0) is 22.9. The molecule has 2 aromatic carbocycles. The largest absolute Gasteiger partial charge is 0.508 e. The van der Waals surface area contributed by atoms with Crippen LogP contribution in [0.15, 0.2) is 48.5 Å². The number of aliphatic hydroxyl groups is 1. The smallest absolute Gasteiger partial charge is 0.220 e. The second-order valence-electron chi connectivity index (χ2n) is 8.36. The standard InChI is InChI=1S/C25H31ClN2O4/c26-20-11-7-19(8-12-20)25(32)22(17-28-15-3-4-16-28)27-24(31)6-2-1-5-23(30)18-9-13-21(29)14-10-18/h7-14,22,25,29,32H,1-6,15-17H2,(H,27,31)/t22-,25-/m1/s1. The Morgan fingerprint density at radius 1 is 0.969 bits per heavy atom. The van der Waals surface area contributed by atoms with Gasteiger partial charge in [-0.15, -0.1) is 0 Å². The van der Waals surface area contributed by atoms with E-state index < -0.39 is 12.1 Å². The van der Waals surface area contributed by atoms with Crippen LogP contribution in [0.2, 0.25) is 5.02 Å². The normalized spacial score (nSPS) is 15.9. The van der Waals surface area contributed by atoms with Crippen LogP contribution in [-0.4, -0.2) is 52.5 Å². The molecule has 6 nitrogen and oxygen atoms in total. The van der Waals surface area contributed by atoms with Crippen LogP contribution >= 0.6 is 11.6 Å². The summed E-state index contributed by atoms with van der Waals surface area (Å²) in [4.78, 5) is 27.1. The van der Waals surface area contributed by atoms with Crippen LogP contribution < -0.4 is 5.32 Å². The lowest BCUT2D eigenvalue weighted by molar-refractivity contribution is -0.123. The van der Waals surface area contributed by atoms with E-state index >= 15 is 0 Å². The lowest BCUT2D eigenvalue weighted by Gasteiger charge is -2.29. The van der Waals surface area contributed by atoms with Crippen molar-refractivity contribution in [2.75, 3.05) is 19.6 Å². The first-order valence-electron chi connectivity index (χ1n) is 11.2. The molecule has 0 unspecified atom stereocenters. The topological polar surface area (TPSA) is 89.9 Å². The molecule has 0 spiro atoms. The molecule has 3 N–H and O–H groups in total.